The highest BCUT2D eigenvalue weighted by Gasteiger charge is 2.59. The van der Waals surface area contributed by atoms with E-state index in [-0.39, 0.29) is 41.3 Å². The highest BCUT2D eigenvalue weighted by Crippen LogP contribution is 2.52. The van der Waals surface area contributed by atoms with Crippen LogP contribution in [-0.2, 0) is 19.1 Å². The monoisotopic (exact) mass is 367 g/mol. The van der Waals surface area contributed by atoms with Crippen molar-refractivity contribution in [3.05, 3.63) is 47.0 Å². The third-order valence-electron chi connectivity index (χ3n) is 6.04. The number of ether oxygens (including phenoxy) is 1. The smallest absolute Gasteiger partial charge is 0.326 e. The molecule has 6 heteroatoms. The highest BCUT2D eigenvalue weighted by molar-refractivity contribution is 6.08. The van der Waals surface area contributed by atoms with E-state index < -0.39 is 19.1 Å². The van der Waals surface area contributed by atoms with Gasteiger partial charge in [0, 0.05) is 5.56 Å². The van der Waals surface area contributed by atoms with E-state index in [0.717, 1.165) is 22.4 Å². The number of carbonyl (C=O) groups excluding carboxylic acids is 4. The van der Waals surface area contributed by atoms with E-state index in [2.05, 4.69) is 0 Å². The van der Waals surface area contributed by atoms with Crippen LogP contribution in [0.4, 0.5) is 0 Å². The van der Waals surface area contributed by atoms with E-state index in [1.165, 1.54) is 0 Å². The molecule has 0 radical (unpaired) electrons. The van der Waals surface area contributed by atoms with Crippen LogP contribution >= 0.6 is 0 Å². The lowest BCUT2D eigenvalue weighted by atomic mass is 9.85. The number of esters is 1. The number of carbonyl (C=O) groups is 4. The van der Waals surface area contributed by atoms with Crippen LogP contribution in [0.15, 0.2) is 30.4 Å². The molecule has 1 aromatic rings. The van der Waals surface area contributed by atoms with Crippen LogP contribution in [-0.4, -0.2) is 41.6 Å². The van der Waals surface area contributed by atoms with E-state index in [9.17, 15) is 19.2 Å². The van der Waals surface area contributed by atoms with Gasteiger partial charge in [0.05, 0.1) is 11.8 Å². The number of imide groups is 1. The van der Waals surface area contributed by atoms with Crippen molar-refractivity contribution in [2.75, 3.05) is 13.2 Å². The number of likely N-dealkylation sites (tertiary alicyclic amines) is 1. The number of benzene rings is 1. The molecule has 0 aromatic heterocycles. The van der Waals surface area contributed by atoms with Crippen LogP contribution < -0.4 is 0 Å². The Balaban J connectivity index is 1.35. The predicted molar refractivity (Wildman–Crippen MR) is 95.6 cm³/mol. The Morgan fingerprint density at radius 3 is 2.26 bits per heavy atom. The van der Waals surface area contributed by atoms with Gasteiger partial charge in [-0.3, -0.25) is 24.1 Å². The fraction of sp³-hybridized carbons (Fsp3) is 0.429. The molecule has 1 heterocycles. The predicted octanol–water partition coefficient (Wildman–Crippen LogP) is 1.84. The first-order chi connectivity index (χ1) is 12.9. The van der Waals surface area contributed by atoms with E-state index >= 15 is 0 Å². The number of rotatable bonds is 5. The summed E-state index contributed by atoms with van der Waals surface area (Å²) < 4.78 is 5.03. The molecule has 2 bridgehead atoms. The number of hydrogen-bond acceptors (Lipinski definition) is 5. The molecule has 0 spiro atoms. The van der Waals surface area contributed by atoms with Crippen LogP contribution in [0.5, 0.6) is 0 Å². The topological polar surface area (TPSA) is 80.8 Å². The Kier molecular flexibility index (Phi) is 4.21. The van der Waals surface area contributed by atoms with Crippen molar-refractivity contribution in [2.24, 2.45) is 23.7 Å². The van der Waals surface area contributed by atoms with Gasteiger partial charge in [-0.1, -0.05) is 24.3 Å². The molecule has 140 valence electrons. The number of amides is 2. The summed E-state index contributed by atoms with van der Waals surface area (Å²) in [6.07, 6.45) is 4.84. The second kappa shape index (κ2) is 6.44. The molecule has 1 aromatic carbocycles. The molecule has 1 saturated carbocycles. The first-order valence-electron chi connectivity index (χ1n) is 9.16. The Bertz CT molecular complexity index is 857. The molecule has 0 unspecified atom stereocenters. The molecule has 4 rings (SSSR count). The Morgan fingerprint density at radius 1 is 1.04 bits per heavy atom. The average Bonchev–Trinajstić information content (AvgIpc) is 3.32. The van der Waals surface area contributed by atoms with Crippen LogP contribution in [0.25, 0.3) is 0 Å². The van der Waals surface area contributed by atoms with Gasteiger partial charge >= 0.3 is 5.97 Å². The number of aryl methyl sites for hydroxylation is 2. The molecule has 2 fully saturated rings. The van der Waals surface area contributed by atoms with Gasteiger partial charge in [0.2, 0.25) is 11.8 Å². The van der Waals surface area contributed by atoms with Crippen LogP contribution in [0, 0.1) is 37.5 Å². The number of allylic oxidation sites excluding steroid dienone is 2. The summed E-state index contributed by atoms with van der Waals surface area (Å²) in [5.41, 5.74) is 2.52. The summed E-state index contributed by atoms with van der Waals surface area (Å²) in [6.45, 7) is 3.02. The summed E-state index contributed by atoms with van der Waals surface area (Å²) in [5, 5.41) is 0. The molecule has 2 amide bonds. The van der Waals surface area contributed by atoms with Gasteiger partial charge in [0.1, 0.15) is 6.54 Å². The minimum atomic E-state index is -0.742. The maximum atomic E-state index is 12.5. The number of Topliss-reactive ketones (excluding diaryl/α,β-unsaturated/α-hetero) is 1. The third-order valence-corrected chi connectivity index (χ3v) is 6.04. The molecule has 3 aliphatic rings. The first kappa shape index (κ1) is 17.6. The van der Waals surface area contributed by atoms with Gasteiger partial charge in [0.25, 0.3) is 0 Å². The van der Waals surface area contributed by atoms with Crippen molar-refractivity contribution in [1.82, 2.24) is 4.90 Å². The molecule has 2 aliphatic carbocycles. The van der Waals surface area contributed by atoms with Crippen molar-refractivity contribution in [1.29, 1.82) is 0 Å². The minimum Gasteiger partial charge on any atom is -0.456 e. The second-order valence-corrected chi connectivity index (χ2v) is 7.65. The first-order valence-corrected chi connectivity index (χ1v) is 9.16. The standard InChI is InChI=1S/C21H21NO5/c1-11-3-4-13(7-12(11)2)16(23)10-27-17(24)9-22-20(25)18-14-5-6-15(8-14)19(18)21(22)26/h3-7,14-15,18-19H,8-10H2,1-2H3/t14-,15-,18+,19+/m1/s1. The Labute approximate surface area is 157 Å². The molecular formula is C21H21NO5. The third kappa shape index (κ3) is 2.89. The van der Waals surface area contributed by atoms with E-state index in [4.69, 9.17) is 4.74 Å². The number of ketones is 1. The zero-order valence-corrected chi connectivity index (χ0v) is 15.3. The molecule has 1 saturated heterocycles. The quantitative estimate of drug-likeness (QED) is 0.343. The number of fused-ring (bicyclic) bond motifs is 5. The van der Waals surface area contributed by atoms with Crippen molar-refractivity contribution in [3.8, 4) is 0 Å². The van der Waals surface area contributed by atoms with E-state index in [1.807, 2.05) is 32.1 Å². The van der Waals surface area contributed by atoms with Crippen LogP contribution in [0.1, 0.15) is 27.9 Å². The van der Waals surface area contributed by atoms with Crippen LogP contribution in [0.3, 0.4) is 0 Å². The summed E-state index contributed by atoms with van der Waals surface area (Å²) in [6, 6.07) is 5.28. The van der Waals surface area contributed by atoms with Crippen molar-refractivity contribution in [3.63, 3.8) is 0 Å². The largest absolute Gasteiger partial charge is 0.456 e. The Morgan fingerprint density at radius 2 is 1.67 bits per heavy atom. The fourth-order valence-electron chi connectivity index (χ4n) is 4.44. The lowest BCUT2D eigenvalue weighted by Crippen LogP contribution is -2.38. The van der Waals surface area contributed by atoms with Crippen molar-refractivity contribution in [2.45, 2.75) is 20.3 Å². The van der Waals surface area contributed by atoms with Crippen molar-refractivity contribution >= 4 is 23.6 Å². The van der Waals surface area contributed by atoms with Gasteiger partial charge in [-0.25, -0.2) is 0 Å². The summed E-state index contributed by atoms with van der Waals surface area (Å²) in [7, 11) is 0. The molecule has 27 heavy (non-hydrogen) atoms. The van der Waals surface area contributed by atoms with Gasteiger partial charge in [0.15, 0.2) is 12.4 Å². The van der Waals surface area contributed by atoms with Crippen LogP contribution in [0.2, 0.25) is 0 Å². The molecule has 0 N–H and O–H groups in total. The minimum absolute atomic E-state index is 0.101. The van der Waals surface area contributed by atoms with Gasteiger partial charge in [-0.05, 0) is 49.3 Å². The second-order valence-electron chi connectivity index (χ2n) is 7.65. The molecular weight excluding hydrogens is 346 g/mol. The normalized spacial score (nSPS) is 28.0. The zero-order chi connectivity index (χ0) is 19.3. The Hall–Kier alpha value is -2.76. The van der Waals surface area contributed by atoms with E-state index in [0.29, 0.717) is 5.56 Å². The lowest BCUT2D eigenvalue weighted by molar-refractivity contribution is -0.152. The van der Waals surface area contributed by atoms with Gasteiger partial charge < -0.3 is 4.74 Å². The zero-order valence-electron chi connectivity index (χ0n) is 15.3. The van der Waals surface area contributed by atoms with Crippen molar-refractivity contribution < 1.29 is 23.9 Å². The lowest BCUT2D eigenvalue weighted by Gasteiger charge is -2.16. The maximum absolute atomic E-state index is 12.5. The maximum Gasteiger partial charge on any atom is 0.326 e. The average molecular weight is 367 g/mol. The number of nitrogens with zero attached hydrogens (tertiary/aromatic N) is 1. The molecule has 4 atom stereocenters. The van der Waals surface area contributed by atoms with E-state index in [1.54, 1.807) is 12.1 Å². The molecule has 1 aliphatic heterocycles. The van der Waals surface area contributed by atoms with Gasteiger partial charge in [-0.15, -0.1) is 0 Å². The molecule has 6 nitrogen and oxygen atoms in total. The highest BCUT2D eigenvalue weighted by atomic mass is 16.5. The number of hydrogen-bond donors (Lipinski definition) is 0. The SMILES string of the molecule is Cc1ccc(C(=O)COC(=O)CN2C(=O)[C@@H]3[C@@H](C2=O)[C@@H]2C=C[C@@H]3C2)cc1C. The summed E-state index contributed by atoms with van der Waals surface area (Å²) >= 11 is 0. The fourth-order valence-corrected chi connectivity index (χ4v) is 4.44. The summed E-state index contributed by atoms with van der Waals surface area (Å²) in [4.78, 5) is 50.4. The van der Waals surface area contributed by atoms with Gasteiger partial charge in [-0.2, -0.15) is 0 Å². The summed E-state index contributed by atoms with van der Waals surface area (Å²) in [5.74, 6) is -2.11.